The molecule has 0 aromatic heterocycles. The highest BCUT2D eigenvalue weighted by atomic mass is 16.4. The first-order valence-electron chi connectivity index (χ1n) is 4.39. The lowest BCUT2D eigenvalue weighted by molar-refractivity contribution is -0.142. The van der Waals surface area contributed by atoms with Crippen LogP contribution in [-0.2, 0) is 4.79 Å². The number of carbonyl (C=O) groups is 3. The van der Waals surface area contributed by atoms with Gasteiger partial charge >= 0.3 is 18.0 Å². The Balaban J connectivity index is 2.20. The van der Waals surface area contributed by atoms with Crippen molar-refractivity contribution in [2.24, 2.45) is 0 Å². The fourth-order valence-corrected chi connectivity index (χ4v) is 1.69. The van der Waals surface area contributed by atoms with Gasteiger partial charge in [-0.05, 0) is 6.92 Å². The van der Waals surface area contributed by atoms with E-state index in [1.807, 2.05) is 0 Å². The fraction of sp³-hybridized carbons (Fsp3) is 0.571. The van der Waals surface area contributed by atoms with Crippen LogP contribution in [0.5, 0.6) is 0 Å². The Bertz CT molecular complexity index is 344. The van der Waals surface area contributed by atoms with Crippen LogP contribution < -0.4 is 16.0 Å². The molecule has 3 atom stereocenters. The molecule has 4 amide bonds. The number of hydrogen-bond donors (Lipinski definition) is 4. The zero-order valence-electron chi connectivity index (χ0n) is 7.85. The van der Waals surface area contributed by atoms with Gasteiger partial charge in [-0.15, -0.1) is 0 Å². The van der Waals surface area contributed by atoms with Gasteiger partial charge in [0.15, 0.2) is 0 Å². The lowest BCUT2D eigenvalue weighted by atomic mass is 10.3. The summed E-state index contributed by atoms with van der Waals surface area (Å²) in [5.41, 5.74) is 0. The molecule has 0 radical (unpaired) electrons. The van der Waals surface area contributed by atoms with E-state index in [0.29, 0.717) is 0 Å². The van der Waals surface area contributed by atoms with E-state index in [1.54, 1.807) is 0 Å². The van der Waals surface area contributed by atoms with Gasteiger partial charge in [-0.1, -0.05) is 0 Å². The Morgan fingerprint density at radius 1 is 1.40 bits per heavy atom. The minimum absolute atomic E-state index is 0.424. The minimum Gasteiger partial charge on any atom is -0.480 e. The van der Waals surface area contributed by atoms with Gasteiger partial charge in [0.1, 0.15) is 18.4 Å². The number of nitrogens with one attached hydrogen (secondary N) is 3. The first kappa shape index (κ1) is 9.56. The molecule has 0 aromatic rings. The number of amides is 4. The summed E-state index contributed by atoms with van der Waals surface area (Å²) < 4.78 is 0. The first-order chi connectivity index (χ1) is 7.00. The van der Waals surface area contributed by atoms with Crippen LogP contribution in [0.25, 0.3) is 0 Å². The monoisotopic (exact) mass is 214 g/mol. The summed E-state index contributed by atoms with van der Waals surface area (Å²) in [5.74, 6) is -1.12. The van der Waals surface area contributed by atoms with Crippen molar-refractivity contribution < 1.29 is 19.5 Å². The molecule has 4 N–H and O–H groups in total. The van der Waals surface area contributed by atoms with E-state index in [2.05, 4.69) is 16.0 Å². The second kappa shape index (κ2) is 3.01. The van der Waals surface area contributed by atoms with Crippen LogP contribution in [0.15, 0.2) is 0 Å². The molecule has 2 rings (SSSR count). The third kappa shape index (κ3) is 1.34. The summed E-state index contributed by atoms with van der Waals surface area (Å²) in [4.78, 5) is 34.2. The van der Waals surface area contributed by atoms with Crippen molar-refractivity contribution in [2.45, 2.75) is 25.3 Å². The normalized spacial score (nSPS) is 30.3. The van der Waals surface area contributed by atoms with Crippen molar-refractivity contribution >= 4 is 18.0 Å². The summed E-state index contributed by atoms with van der Waals surface area (Å²) >= 11 is 0. The molecule has 2 aliphatic heterocycles. The molecule has 15 heavy (non-hydrogen) atoms. The topological polar surface area (TPSA) is 111 Å². The van der Waals surface area contributed by atoms with Crippen molar-refractivity contribution in [3.8, 4) is 0 Å². The molecule has 0 aliphatic carbocycles. The zero-order chi connectivity index (χ0) is 11.2. The maximum Gasteiger partial charge on any atom is 0.326 e. The molecule has 82 valence electrons. The van der Waals surface area contributed by atoms with Gasteiger partial charge in [0.25, 0.3) is 0 Å². The minimum atomic E-state index is -1.12. The Morgan fingerprint density at radius 2 is 2.07 bits per heavy atom. The van der Waals surface area contributed by atoms with Crippen molar-refractivity contribution in [3.05, 3.63) is 0 Å². The van der Waals surface area contributed by atoms with Gasteiger partial charge in [0.05, 0.1) is 0 Å². The number of hydrogen-bond acceptors (Lipinski definition) is 3. The van der Waals surface area contributed by atoms with Crippen molar-refractivity contribution in [1.29, 1.82) is 0 Å². The van der Waals surface area contributed by atoms with Crippen molar-refractivity contribution in [1.82, 2.24) is 20.9 Å². The van der Waals surface area contributed by atoms with Crippen LogP contribution in [0, 0.1) is 0 Å². The Hall–Kier alpha value is -1.99. The smallest absolute Gasteiger partial charge is 0.326 e. The van der Waals surface area contributed by atoms with Crippen molar-refractivity contribution in [2.75, 3.05) is 0 Å². The lowest BCUT2D eigenvalue weighted by Gasteiger charge is -2.24. The lowest BCUT2D eigenvalue weighted by Crippen LogP contribution is -2.50. The Labute approximate surface area is 84.6 Å². The highest BCUT2D eigenvalue weighted by Crippen LogP contribution is 2.17. The van der Waals surface area contributed by atoms with Gasteiger partial charge in [-0.3, -0.25) is 4.90 Å². The fourth-order valence-electron chi connectivity index (χ4n) is 1.69. The SMILES string of the molecule is C[C@H](C(=O)O)N1C(=O)N[C@@H]2NC(=O)N[C@H]21. The molecule has 0 aromatic carbocycles. The summed E-state index contributed by atoms with van der Waals surface area (Å²) in [7, 11) is 0. The standard InChI is InChI=1S/C7H10N4O4/c1-2(5(12)13)11-4-3(9-7(11)15)8-6(14)10-4/h2-4H,1H3,(H,9,15)(H,12,13)(H2,8,10,14)/t2-,3+,4+/m1/s1. The average Bonchev–Trinajstić information content (AvgIpc) is 2.58. The molecule has 0 saturated carbocycles. The van der Waals surface area contributed by atoms with E-state index in [1.165, 1.54) is 6.92 Å². The second-order valence-electron chi connectivity index (χ2n) is 3.41. The predicted octanol–water partition coefficient (Wildman–Crippen LogP) is -1.55. The van der Waals surface area contributed by atoms with Gasteiger partial charge in [0, 0.05) is 0 Å². The number of carbonyl (C=O) groups excluding carboxylic acids is 2. The maximum absolute atomic E-state index is 11.4. The molecule has 8 nitrogen and oxygen atoms in total. The molecule has 2 aliphatic rings. The summed E-state index contributed by atoms with van der Waals surface area (Å²) in [6, 6.07) is -1.92. The Morgan fingerprint density at radius 3 is 2.67 bits per heavy atom. The van der Waals surface area contributed by atoms with Crippen LogP contribution in [-0.4, -0.2) is 46.4 Å². The highest BCUT2D eigenvalue weighted by Gasteiger charge is 2.48. The number of carboxylic acids is 1. The van der Waals surface area contributed by atoms with E-state index in [-0.39, 0.29) is 0 Å². The van der Waals surface area contributed by atoms with Gasteiger partial charge in [0.2, 0.25) is 0 Å². The van der Waals surface area contributed by atoms with E-state index in [9.17, 15) is 14.4 Å². The number of carboxylic acid groups (broad SMARTS) is 1. The van der Waals surface area contributed by atoms with Gasteiger partial charge < -0.3 is 21.1 Å². The first-order valence-corrected chi connectivity index (χ1v) is 4.39. The van der Waals surface area contributed by atoms with E-state index in [4.69, 9.17) is 5.11 Å². The molecule has 0 unspecified atom stereocenters. The van der Waals surface area contributed by atoms with Crippen LogP contribution in [0.4, 0.5) is 9.59 Å². The third-order valence-corrected chi connectivity index (χ3v) is 2.47. The molecular weight excluding hydrogens is 204 g/mol. The van der Waals surface area contributed by atoms with Crippen LogP contribution >= 0.6 is 0 Å². The van der Waals surface area contributed by atoms with Crippen LogP contribution in [0.1, 0.15) is 6.92 Å². The quantitative estimate of drug-likeness (QED) is 0.446. The number of rotatable bonds is 2. The largest absolute Gasteiger partial charge is 0.480 e. The number of aliphatic carboxylic acids is 1. The molecule has 2 heterocycles. The van der Waals surface area contributed by atoms with Gasteiger partial charge in [-0.25, -0.2) is 14.4 Å². The summed E-state index contributed by atoms with van der Waals surface area (Å²) in [6.45, 7) is 1.38. The molecular formula is C7H10N4O4. The average molecular weight is 214 g/mol. The molecule has 0 bridgehead atoms. The van der Waals surface area contributed by atoms with E-state index < -0.39 is 36.4 Å². The molecule has 2 fully saturated rings. The summed E-state index contributed by atoms with van der Waals surface area (Å²) in [6.07, 6.45) is -1.21. The van der Waals surface area contributed by atoms with Crippen LogP contribution in [0.3, 0.4) is 0 Å². The van der Waals surface area contributed by atoms with E-state index >= 15 is 0 Å². The van der Waals surface area contributed by atoms with Crippen molar-refractivity contribution in [3.63, 3.8) is 0 Å². The number of urea groups is 2. The third-order valence-electron chi connectivity index (χ3n) is 2.47. The Kier molecular flexibility index (Phi) is 1.92. The zero-order valence-corrected chi connectivity index (χ0v) is 7.85. The maximum atomic E-state index is 11.4. The number of nitrogens with zero attached hydrogens (tertiary/aromatic N) is 1. The van der Waals surface area contributed by atoms with Crippen LogP contribution in [0.2, 0.25) is 0 Å². The number of fused-ring (bicyclic) bond motifs is 1. The van der Waals surface area contributed by atoms with E-state index in [0.717, 1.165) is 4.90 Å². The summed E-state index contributed by atoms with van der Waals surface area (Å²) in [5, 5.41) is 16.2. The highest BCUT2D eigenvalue weighted by molar-refractivity contribution is 5.88. The molecule has 8 heteroatoms. The van der Waals surface area contributed by atoms with Gasteiger partial charge in [-0.2, -0.15) is 0 Å². The predicted molar refractivity (Wildman–Crippen MR) is 46.7 cm³/mol. The molecule has 0 spiro atoms. The second-order valence-corrected chi connectivity index (χ2v) is 3.41. The molecule has 2 saturated heterocycles.